The molecule has 0 bridgehead atoms. The number of benzene rings is 3. The lowest BCUT2D eigenvalue weighted by Crippen LogP contribution is -2.12. The summed E-state index contributed by atoms with van der Waals surface area (Å²) in [6.07, 6.45) is 0. The minimum atomic E-state index is -0.546. The van der Waals surface area contributed by atoms with Crippen molar-refractivity contribution in [1.82, 2.24) is 0 Å². The molecule has 1 heterocycles. The number of anilines is 1. The first-order chi connectivity index (χ1) is 12.5. The normalized spacial score (nSPS) is 11.0. The molecule has 4 aromatic rings. The van der Waals surface area contributed by atoms with Gasteiger partial charge in [0.2, 0.25) is 0 Å². The van der Waals surface area contributed by atoms with Gasteiger partial charge in [-0.25, -0.2) is 0 Å². The highest BCUT2D eigenvalue weighted by Gasteiger charge is 2.14. The van der Waals surface area contributed by atoms with Gasteiger partial charge in [0.05, 0.1) is 15.6 Å². The Bertz CT molecular complexity index is 1180. The Hall–Kier alpha value is -3.38. The monoisotopic (exact) mass is 366 g/mol. The molecule has 6 nitrogen and oxygen atoms in total. The van der Waals surface area contributed by atoms with E-state index in [0.29, 0.717) is 16.8 Å². The Morgan fingerprint density at radius 1 is 1.00 bits per heavy atom. The number of hydrogen-bond acceptors (Lipinski definition) is 4. The summed E-state index contributed by atoms with van der Waals surface area (Å²) in [5.41, 5.74) is 2.03. The maximum absolute atomic E-state index is 12.6. The highest BCUT2D eigenvalue weighted by atomic mass is 35.5. The van der Waals surface area contributed by atoms with Crippen LogP contribution in [0.1, 0.15) is 10.4 Å². The van der Waals surface area contributed by atoms with E-state index in [9.17, 15) is 14.9 Å². The molecule has 4 rings (SSSR count). The zero-order chi connectivity index (χ0) is 18.3. The van der Waals surface area contributed by atoms with Crippen molar-refractivity contribution in [2.75, 3.05) is 5.32 Å². The number of furan rings is 1. The second-order valence-electron chi connectivity index (χ2n) is 5.68. The van der Waals surface area contributed by atoms with Crippen molar-refractivity contribution in [3.63, 3.8) is 0 Å². The lowest BCUT2D eigenvalue weighted by molar-refractivity contribution is -0.384. The van der Waals surface area contributed by atoms with Gasteiger partial charge in [0, 0.05) is 28.5 Å². The van der Waals surface area contributed by atoms with E-state index >= 15 is 0 Å². The van der Waals surface area contributed by atoms with Crippen LogP contribution in [0.2, 0.25) is 5.02 Å². The van der Waals surface area contributed by atoms with Crippen LogP contribution >= 0.6 is 11.6 Å². The Labute approximate surface area is 152 Å². The molecule has 0 unspecified atom stereocenters. The van der Waals surface area contributed by atoms with Crippen molar-refractivity contribution >= 4 is 50.8 Å². The van der Waals surface area contributed by atoms with Crippen LogP contribution in [-0.4, -0.2) is 10.8 Å². The largest absolute Gasteiger partial charge is 0.456 e. The molecule has 1 N–H and O–H groups in total. The number of rotatable bonds is 3. The van der Waals surface area contributed by atoms with Gasteiger partial charge in [0.15, 0.2) is 0 Å². The van der Waals surface area contributed by atoms with E-state index in [4.69, 9.17) is 16.0 Å². The van der Waals surface area contributed by atoms with Crippen LogP contribution in [0.25, 0.3) is 21.9 Å². The van der Waals surface area contributed by atoms with E-state index < -0.39 is 4.92 Å². The number of nitro groups is 1. The van der Waals surface area contributed by atoms with Crippen LogP contribution in [0.15, 0.2) is 65.1 Å². The molecule has 1 amide bonds. The molecule has 7 heteroatoms. The van der Waals surface area contributed by atoms with Gasteiger partial charge in [-0.2, -0.15) is 0 Å². The quantitative estimate of drug-likeness (QED) is 0.388. The molecule has 0 saturated carbocycles. The molecule has 0 radical (unpaired) electrons. The van der Waals surface area contributed by atoms with Gasteiger partial charge in [0.1, 0.15) is 11.2 Å². The predicted molar refractivity (Wildman–Crippen MR) is 99.8 cm³/mol. The third-order valence-electron chi connectivity index (χ3n) is 4.05. The van der Waals surface area contributed by atoms with E-state index in [-0.39, 0.29) is 16.6 Å². The fourth-order valence-corrected chi connectivity index (χ4v) is 3.00. The van der Waals surface area contributed by atoms with E-state index in [1.807, 2.05) is 24.3 Å². The van der Waals surface area contributed by atoms with Gasteiger partial charge < -0.3 is 9.73 Å². The number of amides is 1. The van der Waals surface area contributed by atoms with Gasteiger partial charge >= 0.3 is 0 Å². The lowest BCUT2D eigenvalue weighted by Gasteiger charge is -2.07. The highest BCUT2D eigenvalue weighted by molar-refractivity contribution is 6.34. The maximum Gasteiger partial charge on any atom is 0.271 e. The second kappa shape index (κ2) is 6.16. The molecule has 0 aliphatic rings. The van der Waals surface area contributed by atoms with Crippen molar-refractivity contribution in [3.05, 3.63) is 81.4 Å². The van der Waals surface area contributed by atoms with Gasteiger partial charge in [-0.1, -0.05) is 29.8 Å². The molecule has 128 valence electrons. The number of carbonyl (C=O) groups is 1. The number of nitro benzene ring substituents is 1. The molecule has 0 fully saturated rings. The Balaban J connectivity index is 1.68. The Morgan fingerprint density at radius 3 is 2.54 bits per heavy atom. The van der Waals surface area contributed by atoms with Crippen LogP contribution in [0, 0.1) is 10.1 Å². The Kier molecular flexibility index (Phi) is 3.82. The van der Waals surface area contributed by atoms with Gasteiger partial charge in [0.25, 0.3) is 11.6 Å². The number of carbonyl (C=O) groups excluding carboxylic acids is 1. The van der Waals surface area contributed by atoms with Gasteiger partial charge in [-0.05, 0) is 30.3 Å². The molecule has 0 atom stereocenters. The average Bonchev–Trinajstić information content (AvgIpc) is 3.01. The molecule has 0 spiro atoms. The molecule has 0 aliphatic heterocycles. The van der Waals surface area contributed by atoms with Crippen molar-refractivity contribution in [3.8, 4) is 0 Å². The number of non-ortho nitro benzene ring substituents is 1. The van der Waals surface area contributed by atoms with Crippen LogP contribution in [-0.2, 0) is 0 Å². The second-order valence-corrected chi connectivity index (χ2v) is 6.09. The van der Waals surface area contributed by atoms with Gasteiger partial charge in [-0.15, -0.1) is 0 Å². The maximum atomic E-state index is 12.6. The van der Waals surface area contributed by atoms with Crippen LogP contribution in [0.5, 0.6) is 0 Å². The summed E-state index contributed by atoms with van der Waals surface area (Å²) in [5, 5.41) is 15.3. The summed E-state index contributed by atoms with van der Waals surface area (Å²) in [4.78, 5) is 22.8. The highest BCUT2D eigenvalue weighted by Crippen LogP contribution is 2.30. The first-order valence-corrected chi connectivity index (χ1v) is 8.07. The molecule has 26 heavy (non-hydrogen) atoms. The number of nitrogens with one attached hydrogen (secondary N) is 1. The summed E-state index contributed by atoms with van der Waals surface area (Å²) < 4.78 is 5.74. The molecular weight excluding hydrogens is 356 g/mol. The van der Waals surface area contributed by atoms with Crippen molar-refractivity contribution in [2.45, 2.75) is 0 Å². The van der Waals surface area contributed by atoms with Crippen LogP contribution in [0.3, 0.4) is 0 Å². The smallest absolute Gasteiger partial charge is 0.271 e. The van der Waals surface area contributed by atoms with Crippen molar-refractivity contribution < 1.29 is 14.1 Å². The van der Waals surface area contributed by atoms with Crippen LogP contribution < -0.4 is 5.32 Å². The number of para-hydroxylation sites is 1. The number of hydrogen-bond donors (Lipinski definition) is 1. The first-order valence-electron chi connectivity index (χ1n) is 7.69. The molecule has 0 saturated heterocycles. The minimum absolute atomic E-state index is 0.0994. The standard InChI is InChI=1S/C19H11ClN2O4/c20-15-10-12(22(24)25)6-7-16(15)21-19(23)11-5-8-18-14(9-11)13-3-1-2-4-17(13)26-18/h1-10H,(H,21,23). The molecule has 0 aliphatic carbocycles. The van der Waals surface area contributed by atoms with Crippen molar-refractivity contribution in [1.29, 1.82) is 0 Å². The van der Waals surface area contributed by atoms with E-state index in [0.717, 1.165) is 16.4 Å². The average molecular weight is 367 g/mol. The van der Waals surface area contributed by atoms with E-state index in [1.165, 1.54) is 18.2 Å². The third kappa shape index (κ3) is 2.76. The fourth-order valence-electron chi connectivity index (χ4n) is 2.78. The zero-order valence-electron chi connectivity index (χ0n) is 13.2. The lowest BCUT2D eigenvalue weighted by atomic mass is 10.1. The molecule has 3 aromatic carbocycles. The summed E-state index contributed by atoms with van der Waals surface area (Å²) in [5.74, 6) is -0.368. The third-order valence-corrected chi connectivity index (χ3v) is 4.36. The van der Waals surface area contributed by atoms with E-state index in [1.54, 1.807) is 18.2 Å². The SMILES string of the molecule is O=C(Nc1ccc([N+](=O)[O-])cc1Cl)c1ccc2oc3ccccc3c2c1. The first kappa shape index (κ1) is 16.1. The van der Waals surface area contributed by atoms with E-state index in [2.05, 4.69) is 5.32 Å². The predicted octanol–water partition coefficient (Wildman–Crippen LogP) is 5.40. The summed E-state index contributed by atoms with van der Waals surface area (Å²) in [7, 11) is 0. The van der Waals surface area contributed by atoms with Gasteiger partial charge in [-0.3, -0.25) is 14.9 Å². The molecule has 1 aromatic heterocycles. The summed E-state index contributed by atoms with van der Waals surface area (Å²) in [6, 6.07) is 16.6. The number of nitrogens with zero attached hydrogens (tertiary/aromatic N) is 1. The number of fused-ring (bicyclic) bond motifs is 3. The zero-order valence-corrected chi connectivity index (χ0v) is 14.0. The summed E-state index contributed by atoms with van der Waals surface area (Å²) in [6.45, 7) is 0. The van der Waals surface area contributed by atoms with Crippen LogP contribution in [0.4, 0.5) is 11.4 Å². The molecular formula is C19H11ClN2O4. The Morgan fingerprint density at radius 2 is 1.77 bits per heavy atom. The topological polar surface area (TPSA) is 85.4 Å². The minimum Gasteiger partial charge on any atom is -0.456 e. The fraction of sp³-hybridized carbons (Fsp3) is 0. The number of halogens is 1. The van der Waals surface area contributed by atoms with Crippen molar-refractivity contribution in [2.24, 2.45) is 0 Å². The summed E-state index contributed by atoms with van der Waals surface area (Å²) >= 11 is 6.03.